The zero-order valence-corrected chi connectivity index (χ0v) is 16.9. The van der Waals surface area contributed by atoms with Crippen molar-refractivity contribution < 1.29 is 0 Å². The lowest BCUT2D eigenvalue weighted by Gasteiger charge is -2.24. The molecule has 0 aliphatic rings. The predicted molar refractivity (Wildman–Crippen MR) is 119 cm³/mol. The Labute approximate surface area is 162 Å². The van der Waals surface area contributed by atoms with Gasteiger partial charge in [-0.1, -0.05) is 75.4 Å². The van der Waals surface area contributed by atoms with Crippen LogP contribution >= 0.6 is 0 Å². The van der Waals surface area contributed by atoms with Gasteiger partial charge >= 0.3 is 0 Å². The van der Waals surface area contributed by atoms with Gasteiger partial charge in [-0.3, -0.25) is 0 Å². The van der Waals surface area contributed by atoms with Crippen LogP contribution in [0.1, 0.15) is 44.4 Å². The molecular weight excluding hydrogens is 326 g/mol. The second kappa shape index (κ2) is 6.13. The van der Waals surface area contributed by atoms with Crippen LogP contribution in [0.3, 0.4) is 0 Å². The van der Waals surface area contributed by atoms with Gasteiger partial charge in [0.15, 0.2) is 0 Å². The fourth-order valence-corrected chi connectivity index (χ4v) is 3.99. The summed E-state index contributed by atoms with van der Waals surface area (Å²) < 4.78 is 2.42. The van der Waals surface area contributed by atoms with Crippen molar-refractivity contribution in [3.63, 3.8) is 0 Å². The number of rotatable bonds is 2. The molecular formula is C26H27N. The molecule has 0 radical (unpaired) electrons. The van der Waals surface area contributed by atoms with E-state index in [4.69, 9.17) is 0 Å². The maximum Gasteiger partial charge on any atom is 0.0541 e. The fourth-order valence-electron chi connectivity index (χ4n) is 3.99. The normalized spacial score (nSPS) is 12.0. The van der Waals surface area contributed by atoms with Crippen molar-refractivity contribution in [3.05, 3.63) is 83.9 Å². The highest BCUT2D eigenvalue weighted by molar-refractivity contribution is 6.09. The largest absolute Gasteiger partial charge is 0.309 e. The van der Waals surface area contributed by atoms with Crippen LogP contribution in [-0.2, 0) is 5.41 Å². The zero-order valence-electron chi connectivity index (χ0n) is 16.9. The summed E-state index contributed by atoms with van der Waals surface area (Å²) in [5.41, 5.74) is 8.80. The van der Waals surface area contributed by atoms with Crippen LogP contribution in [0.5, 0.6) is 0 Å². The number of allylic oxidation sites excluding steroid dienone is 1. The van der Waals surface area contributed by atoms with Crippen LogP contribution < -0.4 is 0 Å². The first-order valence-corrected chi connectivity index (χ1v) is 9.58. The Kier molecular flexibility index (Phi) is 3.99. The molecule has 1 aromatic heterocycles. The number of fused-ring (bicyclic) bond motifs is 3. The Morgan fingerprint density at radius 2 is 1.37 bits per heavy atom. The lowest BCUT2D eigenvalue weighted by molar-refractivity contribution is 0.589. The highest BCUT2D eigenvalue weighted by Gasteiger charge is 2.20. The van der Waals surface area contributed by atoms with Crippen molar-refractivity contribution in [2.24, 2.45) is 0 Å². The van der Waals surface area contributed by atoms with Gasteiger partial charge in [0.2, 0.25) is 0 Å². The minimum Gasteiger partial charge on any atom is -0.309 e. The summed E-state index contributed by atoms with van der Waals surface area (Å²) in [5.74, 6) is 0. The molecule has 0 saturated carbocycles. The van der Waals surface area contributed by atoms with Gasteiger partial charge in [0.05, 0.1) is 11.0 Å². The monoisotopic (exact) mass is 353 g/mol. The summed E-state index contributed by atoms with van der Waals surface area (Å²) in [6, 6.07) is 22.1. The first kappa shape index (κ1) is 17.6. The first-order valence-electron chi connectivity index (χ1n) is 9.58. The van der Waals surface area contributed by atoms with E-state index in [0.717, 1.165) is 5.57 Å². The van der Waals surface area contributed by atoms with Crippen molar-refractivity contribution in [1.29, 1.82) is 0 Å². The molecule has 4 aromatic rings. The second-order valence-electron chi connectivity index (χ2n) is 8.57. The van der Waals surface area contributed by atoms with E-state index in [1.807, 2.05) is 0 Å². The molecule has 136 valence electrons. The average Bonchev–Trinajstić information content (AvgIpc) is 2.95. The summed E-state index contributed by atoms with van der Waals surface area (Å²) in [7, 11) is 0. The van der Waals surface area contributed by atoms with Crippen molar-refractivity contribution in [1.82, 2.24) is 4.57 Å². The zero-order chi connectivity index (χ0) is 19.3. The molecule has 0 saturated heterocycles. The molecule has 3 aromatic carbocycles. The van der Waals surface area contributed by atoms with Gasteiger partial charge in [-0.15, -0.1) is 0 Å². The van der Waals surface area contributed by atoms with Crippen molar-refractivity contribution in [3.8, 4) is 5.69 Å². The molecule has 1 nitrogen and oxygen atoms in total. The standard InChI is InChI=1S/C26H27N/c1-17(2)22-15-19(26(4,5)6)16-25(18(22)3)27-23-13-9-7-11-20(23)21-12-8-10-14-24(21)27/h7-16H,1H2,2-6H3. The third-order valence-corrected chi connectivity index (χ3v) is 5.53. The van der Waals surface area contributed by atoms with E-state index in [1.165, 1.54) is 44.2 Å². The number of nitrogens with zero attached hydrogens (tertiary/aromatic N) is 1. The molecule has 4 rings (SSSR count). The Balaban J connectivity index is 2.18. The molecule has 0 amide bonds. The second-order valence-corrected chi connectivity index (χ2v) is 8.57. The topological polar surface area (TPSA) is 4.93 Å². The van der Waals surface area contributed by atoms with E-state index >= 15 is 0 Å². The number of para-hydroxylation sites is 2. The van der Waals surface area contributed by atoms with Crippen LogP contribution in [0.4, 0.5) is 0 Å². The van der Waals surface area contributed by atoms with Crippen molar-refractivity contribution >= 4 is 27.4 Å². The van der Waals surface area contributed by atoms with E-state index in [2.05, 4.69) is 106 Å². The van der Waals surface area contributed by atoms with Crippen LogP contribution in [0, 0.1) is 6.92 Å². The summed E-state index contributed by atoms with van der Waals surface area (Å²) in [5, 5.41) is 2.59. The van der Waals surface area contributed by atoms with Gasteiger partial charge in [-0.05, 0) is 54.2 Å². The SMILES string of the molecule is C=C(C)c1cc(C(C)(C)C)cc(-n2c3ccccc3c3ccccc32)c1C. The number of aromatic nitrogens is 1. The Morgan fingerprint density at radius 1 is 0.852 bits per heavy atom. The van der Waals surface area contributed by atoms with Crippen LogP contribution in [0.15, 0.2) is 67.2 Å². The molecule has 1 heterocycles. The molecule has 1 heteroatoms. The van der Waals surface area contributed by atoms with E-state index in [0.29, 0.717) is 0 Å². The van der Waals surface area contributed by atoms with E-state index in [9.17, 15) is 0 Å². The van der Waals surface area contributed by atoms with E-state index < -0.39 is 0 Å². The minimum absolute atomic E-state index is 0.0748. The predicted octanol–water partition coefficient (Wildman–Crippen LogP) is 7.42. The molecule has 0 unspecified atom stereocenters. The van der Waals surface area contributed by atoms with Crippen LogP contribution in [0.25, 0.3) is 33.1 Å². The van der Waals surface area contributed by atoms with Gasteiger partial charge in [0.25, 0.3) is 0 Å². The van der Waals surface area contributed by atoms with Crippen molar-refractivity contribution in [2.75, 3.05) is 0 Å². The first-order chi connectivity index (χ1) is 12.8. The number of hydrogen-bond donors (Lipinski definition) is 0. The molecule has 0 fully saturated rings. The highest BCUT2D eigenvalue weighted by Crippen LogP contribution is 2.37. The maximum absolute atomic E-state index is 4.25. The van der Waals surface area contributed by atoms with Gasteiger partial charge in [0, 0.05) is 16.5 Å². The van der Waals surface area contributed by atoms with Gasteiger partial charge in [0.1, 0.15) is 0 Å². The van der Waals surface area contributed by atoms with Gasteiger partial charge in [-0.25, -0.2) is 0 Å². The fraction of sp³-hybridized carbons (Fsp3) is 0.231. The number of hydrogen-bond acceptors (Lipinski definition) is 0. The summed E-state index contributed by atoms with van der Waals surface area (Å²) in [4.78, 5) is 0. The van der Waals surface area contributed by atoms with Gasteiger partial charge in [-0.2, -0.15) is 0 Å². The lowest BCUT2D eigenvalue weighted by Crippen LogP contribution is -2.13. The summed E-state index contributed by atoms with van der Waals surface area (Å²) in [6.07, 6.45) is 0. The van der Waals surface area contributed by atoms with Crippen molar-refractivity contribution in [2.45, 2.75) is 40.0 Å². The molecule has 0 spiro atoms. The maximum atomic E-state index is 4.25. The molecule has 27 heavy (non-hydrogen) atoms. The average molecular weight is 354 g/mol. The quantitative estimate of drug-likeness (QED) is 0.353. The Bertz CT molecular complexity index is 1130. The minimum atomic E-state index is 0.0748. The highest BCUT2D eigenvalue weighted by atomic mass is 15.0. The van der Waals surface area contributed by atoms with E-state index in [-0.39, 0.29) is 5.41 Å². The Hall–Kier alpha value is -2.80. The van der Waals surface area contributed by atoms with Gasteiger partial charge < -0.3 is 4.57 Å². The third-order valence-electron chi connectivity index (χ3n) is 5.53. The summed E-state index contributed by atoms with van der Waals surface area (Å²) >= 11 is 0. The lowest BCUT2D eigenvalue weighted by atomic mass is 9.83. The van der Waals surface area contributed by atoms with E-state index in [1.54, 1.807) is 0 Å². The molecule has 0 N–H and O–H groups in total. The smallest absolute Gasteiger partial charge is 0.0541 e. The van der Waals surface area contributed by atoms with Crippen LogP contribution in [-0.4, -0.2) is 4.57 Å². The molecule has 0 atom stereocenters. The number of benzene rings is 3. The van der Waals surface area contributed by atoms with Crippen LogP contribution in [0.2, 0.25) is 0 Å². The third kappa shape index (κ3) is 2.78. The Morgan fingerprint density at radius 3 is 1.85 bits per heavy atom. The molecule has 0 bridgehead atoms. The molecule has 0 aliphatic heterocycles. The molecule has 0 aliphatic carbocycles. The summed E-state index contributed by atoms with van der Waals surface area (Å²) in [6.45, 7) is 15.4.